The first-order valence-corrected chi connectivity index (χ1v) is 6.82. The van der Waals surface area contributed by atoms with E-state index in [0.29, 0.717) is 6.54 Å². The molecule has 1 amide bonds. The Morgan fingerprint density at radius 1 is 1.33 bits per heavy atom. The van der Waals surface area contributed by atoms with Crippen LogP contribution in [-0.2, 0) is 4.79 Å². The first-order valence-electron chi connectivity index (χ1n) is 6.82. The summed E-state index contributed by atoms with van der Waals surface area (Å²) in [5, 5.41) is 9.51. The molecule has 1 aliphatic rings. The quantitative estimate of drug-likeness (QED) is 0.890. The summed E-state index contributed by atoms with van der Waals surface area (Å²) in [5.74, 6) is 0.589. The van der Waals surface area contributed by atoms with Crippen molar-refractivity contribution in [2.24, 2.45) is 5.92 Å². The van der Waals surface area contributed by atoms with Gasteiger partial charge in [0.05, 0.1) is 0 Å². The Bertz CT molecular complexity index is 411. The van der Waals surface area contributed by atoms with Gasteiger partial charge in [0.15, 0.2) is 0 Å². The minimum absolute atomic E-state index is 0.168. The molecule has 1 aliphatic carbocycles. The Balaban J connectivity index is 2.14. The topological polar surface area (TPSA) is 40.5 Å². The van der Waals surface area contributed by atoms with Gasteiger partial charge in [0.1, 0.15) is 5.75 Å². The minimum Gasteiger partial charge on any atom is -0.508 e. The van der Waals surface area contributed by atoms with E-state index in [9.17, 15) is 9.90 Å². The molecule has 0 spiro atoms. The van der Waals surface area contributed by atoms with Crippen LogP contribution in [0.15, 0.2) is 24.3 Å². The van der Waals surface area contributed by atoms with E-state index < -0.39 is 0 Å². The average molecular weight is 247 g/mol. The highest BCUT2D eigenvalue weighted by atomic mass is 16.3. The largest absolute Gasteiger partial charge is 0.508 e. The summed E-state index contributed by atoms with van der Waals surface area (Å²) >= 11 is 0. The van der Waals surface area contributed by atoms with Crippen molar-refractivity contribution < 1.29 is 9.90 Å². The van der Waals surface area contributed by atoms with Crippen LogP contribution in [0.4, 0.5) is 5.69 Å². The fourth-order valence-corrected chi connectivity index (χ4v) is 2.70. The highest BCUT2D eigenvalue weighted by Gasteiger charge is 2.26. The molecular formula is C15H21NO2. The van der Waals surface area contributed by atoms with E-state index in [2.05, 4.69) is 0 Å². The number of benzene rings is 1. The molecule has 0 bridgehead atoms. The number of rotatable bonds is 3. The van der Waals surface area contributed by atoms with Crippen LogP contribution in [0.5, 0.6) is 5.75 Å². The number of hydrogen-bond acceptors (Lipinski definition) is 2. The van der Waals surface area contributed by atoms with Gasteiger partial charge in [-0.3, -0.25) is 4.79 Å². The average Bonchev–Trinajstić information content (AvgIpc) is 2.40. The van der Waals surface area contributed by atoms with Crippen LogP contribution in [0.2, 0.25) is 0 Å². The second kappa shape index (κ2) is 5.89. The predicted molar refractivity (Wildman–Crippen MR) is 72.7 cm³/mol. The maximum atomic E-state index is 12.5. The van der Waals surface area contributed by atoms with Crippen LogP contribution < -0.4 is 4.90 Å². The summed E-state index contributed by atoms with van der Waals surface area (Å²) in [7, 11) is 0. The molecule has 98 valence electrons. The molecular weight excluding hydrogens is 226 g/mol. The number of carbonyl (C=O) groups is 1. The normalized spacial score (nSPS) is 16.5. The van der Waals surface area contributed by atoms with Crippen LogP contribution in [0.3, 0.4) is 0 Å². The fourth-order valence-electron chi connectivity index (χ4n) is 2.70. The number of aromatic hydroxyl groups is 1. The Morgan fingerprint density at radius 3 is 2.67 bits per heavy atom. The summed E-state index contributed by atoms with van der Waals surface area (Å²) in [4.78, 5) is 14.3. The number of phenolic OH excluding ortho intramolecular Hbond substituents is 1. The van der Waals surface area contributed by atoms with E-state index in [1.54, 1.807) is 23.1 Å². The molecule has 0 radical (unpaired) electrons. The SMILES string of the molecule is CCN(C(=O)C1CCCCC1)c1cccc(O)c1. The minimum atomic E-state index is 0.168. The fraction of sp³-hybridized carbons (Fsp3) is 0.533. The molecule has 3 nitrogen and oxygen atoms in total. The third kappa shape index (κ3) is 2.84. The van der Waals surface area contributed by atoms with Gasteiger partial charge < -0.3 is 10.0 Å². The van der Waals surface area contributed by atoms with Gasteiger partial charge in [-0.2, -0.15) is 0 Å². The molecule has 0 aromatic heterocycles. The molecule has 1 aromatic rings. The molecule has 0 saturated heterocycles. The predicted octanol–water partition coefficient (Wildman–Crippen LogP) is 3.33. The number of anilines is 1. The van der Waals surface area contributed by atoms with Crippen molar-refractivity contribution in [2.75, 3.05) is 11.4 Å². The van der Waals surface area contributed by atoms with E-state index in [1.807, 2.05) is 13.0 Å². The lowest BCUT2D eigenvalue weighted by atomic mass is 9.88. The number of phenols is 1. The van der Waals surface area contributed by atoms with Gasteiger partial charge >= 0.3 is 0 Å². The molecule has 3 heteroatoms. The summed E-state index contributed by atoms with van der Waals surface area (Å²) in [6.45, 7) is 2.63. The lowest BCUT2D eigenvalue weighted by Crippen LogP contribution is -2.36. The molecule has 0 atom stereocenters. The van der Waals surface area contributed by atoms with Gasteiger partial charge in [-0.25, -0.2) is 0 Å². The van der Waals surface area contributed by atoms with Crippen molar-refractivity contribution in [3.8, 4) is 5.75 Å². The van der Waals surface area contributed by atoms with Crippen molar-refractivity contribution in [1.29, 1.82) is 0 Å². The van der Waals surface area contributed by atoms with Gasteiger partial charge in [-0.15, -0.1) is 0 Å². The van der Waals surface area contributed by atoms with E-state index in [-0.39, 0.29) is 17.6 Å². The molecule has 0 heterocycles. The van der Waals surface area contributed by atoms with Crippen molar-refractivity contribution in [1.82, 2.24) is 0 Å². The molecule has 1 saturated carbocycles. The molecule has 18 heavy (non-hydrogen) atoms. The Morgan fingerprint density at radius 2 is 2.06 bits per heavy atom. The first-order chi connectivity index (χ1) is 8.72. The third-order valence-electron chi connectivity index (χ3n) is 3.68. The van der Waals surface area contributed by atoms with Crippen LogP contribution in [0.25, 0.3) is 0 Å². The Kier molecular flexibility index (Phi) is 4.24. The van der Waals surface area contributed by atoms with Crippen LogP contribution >= 0.6 is 0 Å². The zero-order valence-electron chi connectivity index (χ0n) is 10.9. The van der Waals surface area contributed by atoms with Crippen LogP contribution in [0, 0.1) is 5.92 Å². The number of hydrogen-bond donors (Lipinski definition) is 1. The van der Waals surface area contributed by atoms with E-state index in [4.69, 9.17) is 0 Å². The summed E-state index contributed by atoms with van der Waals surface area (Å²) in [6.07, 6.45) is 5.59. The van der Waals surface area contributed by atoms with Gasteiger partial charge in [-0.1, -0.05) is 25.3 Å². The molecule has 1 aromatic carbocycles. The van der Waals surface area contributed by atoms with E-state index in [1.165, 1.54) is 6.42 Å². The second-order valence-corrected chi connectivity index (χ2v) is 4.94. The maximum absolute atomic E-state index is 12.5. The zero-order chi connectivity index (χ0) is 13.0. The van der Waals surface area contributed by atoms with Crippen molar-refractivity contribution in [3.63, 3.8) is 0 Å². The van der Waals surface area contributed by atoms with Crippen molar-refractivity contribution in [3.05, 3.63) is 24.3 Å². The molecule has 1 N–H and O–H groups in total. The number of nitrogens with zero attached hydrogens (tertiary/aromatic N) is 1. The lowest BCUT2D eigenvalue weighted by Gasteiger charge is -2.28. The summed E-state index contributed by atoms with van der Waals surface area (Å²) < 4.78 is 0. The van der Waals surface area contributed by atoms with Gasteiger partial charge in [-0.05, 0) is 31.9 Å². The Hall–Kier alpha value is -1.51. The van der Waals surface area contributed by atoms with E-state index >= 15 is 0 Å². The van der Waals surface area contributed by atoms with Gasteiger partial charge in [0.25, 0.3) is 0 Å². The standard InChI is InChI=1S/C15H21NO2/c1-2-16(13-9-6-10-14(17)11-13)15(18)12-7-4-3-5-8-12/h6,9-12,17H,2-5,7-8H2,1H3. The highest BCUT2D eigenvalue weighted by molar-refractivity contribution is 5.95. The Labute approximate surface area is 108 Å². The van der Waals surface area contributed by atoms with Crippen molar-refractivity contribution >= 4 is 11.6 Å². The van der Waals surface area contributed by atoms with Crippen LogP contribution in [-0.4, -0.2) is 17.6 Å². The molecule has 2 rings (SSSR count). The first kappa shape index (κ1) is 12.9. The smallest absolute Gasteiger partial charge is 0.230 e. The summed E-state index contributed by atoms with van der Waals surface area (Å²) in [6, 6.07) is 6.94. The van der Waals surface area contributed by atoms with Crippen molar-refractivity contribution in [2.45, 2.75) is 39.0 Å². The van der Waals surface area contributed by atoms with Crippen LogP contribution in [0.1, 0.15) is 39.0 Å². The highest BCUT2D eigenvalue weighted by Crippen LogP contribution is 2.28. The van der Waals surface area contributed by atoms with E-state index in [0.717, 1.165) is 31.4 Å². The number of amides is 1. The van der Waals surface area contributed by atoms with Gasteiger partial charge in [0, 0.05) is 24.2 Å². The zero-order valence-corrected chi connectivity index (χ0v) is 10.9. The molecule has 1 fully saturated rings. The van der Waals surface area contributed by atoms with Gasteiger partial charge in [0.2, 0.25) is 5.91 Å². The monoisotopic (exact) mass is 247 g/mol. The molecule has 0 aliphatic heterocycles. The molecule has 0 unspecified atom stereocenters. The summed E-state index contributed by atoms with van der Waals surface area (Å²) in [5.41, 5.74) is 0.799. The third-order valence-corrected chi connectivity index (χ3v) is 3.68. The lowest BCUT2D eigenvalue weighted by molar-refractivity contribution is -0.123. The second-order valence-electron chi connectivity index (χ2n) is 4.94. The number of carbonyl (C=O) groups excluding carboxylic acids is 1. The maximum Gasteiger partial charge on any atom is 0.230 e.